The first kappa shape index (κ1) is 18.3. The van der Waals surface area contributed by atoms with Crippen LogP contribution in [0.2, 0.25) is 0 Å². The Hall–Kier alpha value is -3.09. The van der Waals surface area contributed by atoms with Gasteiger partial charge in [0.2, 0.25) is 11.2 Å². The molecule has 7 heteroatoms. The van der Waals surface area contributed by atoms with E-state index < -0.39 is 0 Å². The molecule has 0 bridgehead atoms. The molecule has 0 saturated carbocycles. The molecule has 7 nitrogen and oxygen atoms in total. The monoisotopic (exact) mass is 381 g/mol. The number of carbonyl (C=O) groups is 1. The average molecular weight is 381 g/mol. The van der Waals surface area contributed by atoms with E-state index in [1.807, 2.05) is 36.2 Å². The zero-order valence-electron chi connectivity index (χ0n) is 16.1. The Morgan fingerprint density at radius 2 is 2.14 bits per heavy atom. The Kier molecular flexibility index (Phi) is 4.90. The van der Waals surface area contributed by atoms with Gasteiger partial charge < -0.3 is 18.6 Å². The Labute approximate surface area is 162 Å². The molecule has 0 N–H and O–H groups in total. The zero-order valence-corrected chi connectivity index (χ0v) is 16.1. The minimum atomic E-state index is -0.290. The quantitative estimate of drug-likeness (QED) is 0.694. The first-order valence-corrected chi connectivity index (χ1v) is 9.47. The summed E-state index contributed by atoms with van der Waals surface area (Å²) in [5, 5.41) is 0. The number of aromatic nitrogens is 2. The minimum absolute atomic E-state index is 0.0511. The molecule has 1 aliphatic heterocycles. The summed E-state index contributed by atoms with van der Waals surface area (Å²) >= 11 is 0. The lowest BCUT2D eigenvalue weighted by atomic mass is 10.0. The van der Waals surface area contributed by atoms with Gasteiger partial charge in [0.25, 0.3) is 5.91 Å². The molecule has 0 unspecified atom stereocenters. The standard InChI is InChI=1S/C21H23N3O4/c1-14-11-18(25)19(12-27-14)28-13-20(26)24-10-6-5-9-17(24)21-22-15-7-3-4-8-16(15)23(21)2/h3-4,7-8,11-12,17H,5-6,9-10,13H2,1-2H3/t17-/m1/s1. The lowest BCUT2D eigenvalue weighted by Crippen LogP contribution is -2.42. The van der Waals surface area contributed by atoms with Crippen LogP contribution in [-0.4, -0.2) is 33.5 Å². The van der Waals surface area contributed by atoms with Crippen LogP contribution in [0.4, 0.5) is 0 Å². The van der Waals surface area contributed by atoms with E-state index in [2.05, 4.69) is 4.57 Å². The lowest BCUT2D eigenvalue weighted by molar-refractivity contribution is -0.137. The normalized spacial score (nSPS) is 17.1. The number of likely N-dealkylation sites (tertiary alicyclic amines) is 1. The van der Waals surface area contributed by atoms with Crippen molar-refractivity contribution in [1.82, 2.24) is 14.5 Å². The number of carbonyl (C=O) groups excluding carboxylic acids is 1. The smallest absolute Gasteiger partial charge is 0.261 e. The number of piperidine rings is 1. The van der Waals surface area contributed by atoms with Crippen molar-refractivity contribution in [1.29, 1.82) is 0 Å². The van der Waals surface area contributed by atoms with Crippen molar-refractivity contribution >= 4 is 16.9 Å². The maximum absolute atomic E-state index is 12.9. The van der Waals surface area contributed by atoms with Crippen LogP contribution < -0.4 is 10.2 Å². The van der Waals surface area contributed by atoms with Crippen molar-refractivity contribution in [3.8, 4) is 5.75 Å². The SMILES string of the molecule is Cc1cc(=O)c(OCC(=O)N2CCCC[C@@H]2c2nc3ccccc3n2C)co1. The number of ether oxygens (including phenoxy) is 1. The second-order valence-electron chi connectivity index (χ2n) is 7.12. The average Bonchev–Trinajstić information content (AvgIpc) is 3.04. The van der Waals surface area contributed by atoms with E-state index in [1.54, 1.807) is 6.92 Å². The zero-order chi connectivity index (χ0) is 19.7. The molecule has 28 heavy (non-hydrogen) atoms. The summed E-state index contributed by atoms with van der Waals surface area (Å²) < 4.78 is 12.7. The molecule has 4 rings (SSSR count). The van der Waals surface area contributed by atoms with Crippen molar-refractivity contribution in [2.45, 2.75) is 32.2 Å². The van der Waals surface area contributed by atoms with E-state index in [1.165, 1.54) is 12.3 Å². The first-order valence-electron chi connectivity index (χ1n) is 9.47. The molecule has 0 radical (unpaired) electrons. The number of fused-ring (bicyclic) bond motifs is 1. The van der Waals surface area contributed by atoms with E-state index in [0.29, 0.717) is 12.3 Å². The number of imidazole rings is 1. The van der Waals surface area contributed by atoms with Crippen molar-refractivity contribution < 1.29 is 13.9 Å². The van der Waals surface area contributed by atoms with Gasteiger partial charge in [-0.2, -0.15) is 0 Å². The summed E-state index contributed by atoms with van der Waals surface area (Å²) in [5.41, 5.74) is 1.68. The molecule has 3 heterocycles. The highest BCUT2D eigenvalue weighted by atomic mass is 16.5. The van der Waals surface area contributed by atoms with E-state index in [9.17, 15) is 9.59 Å². The number of para-hydroxylation sites is 2. The van der Waals surface area contributed by atoms with E-state index in [-0.39, 0.29) is 29.7 Å². The molecule has 146 valence electrons. The van der Waals surface area contributed by atoms with Gasteiger partial charge in [-0.3, -0.25) is 9.59 Å². The van der Waals surface area contributed by atoms with Crippen LogP contribution in [0.25, 0.3) is 11.0 Å². The predicted octanol–water partition coefficient (Wildman–Crippen LogP) is 2.97. The molecule has 1 aromatic carbocycles. The van der Waals surface area contributed by atoms with Gasteiger partial charge in [-0.1, -0.05) is 12.1 Å². The van der Waals surface area contributed by atoms with Crippen LogP contribution >= 0.6 is 0 Å². The highest BCUT2D eigenvalue weighted by molar-refractivity contribution is 5.79. The third-order valence-electron chi connectivity index (χ3n) is 5.22. The summed E-state index contributed by atoms with van der Waals surface area (Å²) in [6, 6.07) is 9.20. The van der Waals surface area contributed by atoms with E-state index in [4.69, 9.17) is 14.1 Å². The van der Waals surface area contributed by atoms with Gasteiger partial charge in [-0.25, -0.2) is 4.98 Å². The number of benzene rings is 1. The van der Waals surface area contributed by atoms with Gasteiger partial charge >= 0.3 is 0 Å². The fourth-order valence-corrected chi connectivity index (χ4v) is 3.78. The van der Waals surface area contributed by atoms with Crippen LogP contribution in [0.5, 0.6) is 5.75 Å². The third kappa shape index (κ3) is 3.40. The summed E-state index contributed by atoms with van der Waals surface area (Å²) in [5.74, 6) is 1.28. The maximum atomic E-state index is 12.9. The Balaban J connectivity index is 1.55. The molecule has 0 spiro atoms. The van der Waals surface area contributed by atoms with Crippen molar-refractivity contribution in [2.24, 2.45) is 7.05 Å². The topological polar surface area (TPSA) is 77.6 Å². The van der Waals surface area contributed by atoms with Gasteiger partial charge in [-0.15, -0.1) is 0 Å². The summed E-state index contributed by atoms with van der Waals surface area (Å²) in [7, 11) is 1.98. The number of aryl methyl sites for hydroxylation is 2. The van der Waals surface area contributed by atoms with Gasteiger partial charge in [-0.05, 0) is 38.3 Å². The molecule has 3 aromatic rings. The molecule has 1 aliphatic rings. The van der Waals surface area contributed by atoms with E-state index >= 15 is 0 Å². The highest BCUT2D eigenvalue weighted by Crippen LogP contribution is 2.32. The summed E-state index contributed by atoms with van der Waals surface area (Å²) in [4.78, 5) is 31.4. The Bertz CT molecular complexity index is 1070. The first-order chi connectivity index (χ1) is 13.5. The number of hydrogen-bond acceptors (Lipinski definition) is 5. The summed E-state index contributed by atoms with van der Waals surface area (Å²) in [6.07, 6.45) is 4.10. The van der Waals surface area contributed by atoms with Crippen molar-refractivity contribution in [2.75, 3.05) is 13.2 Å². The molecule has 1 fully saturated rings. The molecular weight excluding hydrogens is 358 g/mol. The van der Waals surface area contributed by atoms with Crippen LogP contribution in [0, 0.1) is 6.92 Å². The largest absolute Gasteiger partial charge is 0.477 e. The second-order valence-corrected chi connectivity index (χ2v) is 7.12. The number of nitrogens with zero attached hydrogens (tertiary/aromatic N) is 3. The fraction of sp³-hybridized carbons (Fsp3) is 0.381. The molecular formula is C21H23N3O4. The highest BCUT2D eigenvalue weighted by Gasteiger charge is 2.31. The molecule has 1 atom stereocenters. The second kappa shape index (κ2) is 7.50. The van der Waals surface area contributed by atoms with Crippen LogP contribution in [0.15, 0.2) is 45.8 Å². The third-order valence-corrected chi connectivity index (χ3v) is 5.22. The minimum Gasteiger partial charge on any atom is -0.477 e. The lowest BCUT2D eigenvalue weighted by Gasteiger charge is -2.35. The molecule has 1 amide bonds. The van der Waals surface area contributed by atoms with Gasteiger partial charge in [0, 0.05) is 19.7 Å². The van der Waals surface area contributed by atoms with Crippen molar-refractivity contribution in [3.63, 3.8) is 0 Å². The number of hydrogen-bond donors (Lipinski definition) is 0. The van der Waals surface area contributed by atoms with Gasteiger partial charge in [0.1, 0.15) is 17.8 Å². The predicted molar refractivity (Wildman–Crippen MR) is 104 cm³/mol. The van der Waals surface area contributed by atoms with Gasteiger partial charge in [0.15, 0.2) is 6.61 Å². The Morgan fingerprint density at radius 1 is 1.32 bits per heavy atom. The number of amides is 1. The van der Waals surface area contributed by atoms with E-state index in [0.717, 1.165) is 36.1 Å². The van der Waals surface area contributed by atoms with Crippen LogP contribution in [-0.2, 0) is 11.8 Å². The van der Waals surface area contributed by atoms with Crippen LogP contribution in [0.3, 0.4) is 0 Å². The maximum Gasteiger partial charge on any atom is 0.261 e. The van der Waals surface area contributed by atoms with Crippen LogP contribution in [0.1, 0.15) is 36.9 Å². The fourth-order valence-electron chi connectivity index (χ4n) is 3.78. The number of rotatable bonds is 4. The molecule has 0 aliphatic carbocycles. The van der Waals surface area contributed by atoms with Crippen molar-refractivity contribution in [3.05, 3.63) is 58.4 Å². The summed E-state index contributed by atoms with van der Waals surface area (Å²) in [6.45, 7) is 2.14. The van der Waals surface area contributed by atoms with Gasteiger partial charge in [0.05, 0.1) is 17.1 Å². The molecule has 2 aromatic heterocycles. The Morgan fingerprint density at radius 3 is 2.93 bits per heavy atom. The molecule has 1 saturated heterocycles.